The third kappa shape index (κ3) is 2.35. The van der Waals surface area contributed by atoms with E-state index in [4.69, 9.17) is 4.74 Å². The van der Waals surface area contributed by atoms with Gasteiger partial charge in [-0.2, -0.15) is 0 Å². The monoisotopic (exact) mass is 128 g/mol. The molecule has 1 aliphatic heterocycles. The topological polar surface area (TPSA) is 9.23 Å². The summed E-state index contributed by atoms with van der Waals surface area (Å²) in [7, 11) is 0. The summed E-state index contributed by atoms with van der Waals surface area (Å²) in [5.41, 5.74) is 0. The van der Waals surface area contributed by atoms with Gasteiger partial charge in [-0.3, -0.25) is 0 Å². The maximum atomic E-state index is 5.61. The van der Waals surface area contributed by atoms with E-state index in [0.29, 0.717) is 12.2 Å². The third-order valence-corrected chi connectivity index (χ3v) is 1.94. The zero-order valence-electron chi connectivity index (χ0n) is 6.39. The van der Waals surface area contributed by atoms with Gasteiger partial charge in [-0.05, 0) is 26.7 Å². The second-order valence-electron chi connectivity index (χ2n) is 3.04. The van der Waals surface area contributed by atoms with Gasteiger partial charge in [-0.1, -0.05) is 12.8 Å². The quantitative estimate of drug-likeness (QED) is 0.486. The normalized spacial score (nSPS) is 38.0. The molecule has 1 saturated heterocycles. The average Bonchev–Trinajstić information content (AvgIpc) is 1.93. The largest absolute Gasteiger partial charge is 0.376 e. The summed E-state index contributed by atoms with van der Waals surface area (Å²) in [6, 6.07) is 0. The lowest BCUT2D eigenvalue weighted by Gasteiger charge is -2.13. The highest BCUT2D eigenvalue weighted by Gasteiger charge is 2.11. The minimum Gasteiger partial charge on any atom is -0.376 e. The van der Waals surface area contributed by atoms with Crippen molar-refractivity contribution in [2.24, 2.45) is 0 Å². The van der Waals surface area contributed by atoms with Gasteiger partial charge in [0.1, 0.15) is 0 Å². The molecule has 0 aromatic heterocycles. The smallest absolute Gasteiger partial charge is 0.0550 e. The van der Waals surface area contributed by atoms with Gasteiger partial charge in [0.15, 0.2) is 0 Å². The van der Waals surface area contributed by atoms with Crippen molar-refractivity contribution >= 4 is 0 Å². The highest BCUT2D eigenvalue weighted by molar-refractivity contribution is 4.61. The zero-order chi connectivity index (χ0) is 6.69. The molecule has 1 nitrogen and oxygen atoms in total. The van der Waals surface area contributed by atoms with E-state index in [2.05, 4.69) is 13.8 Å². The predicted molar refractivity (Wildman–Crippen MR) is 38.5 cm³/mol. The Balaban J connectivity index is 2.29. The van der Waals surface area contributed by atoms with Gasteiger partial charge in [0.05, 0.1) is 12.2 Å². The van der Waals surface area contributed by atoms with Gasteiger partial charge in [0, 0.05) is 0 Å². The SMILES string of the molecule is CC1CCCCC(C)O1. The second kappa shape index (κ2) is 3.21. The molecule has 0 N–H and O–H groups in total. The average molecular weight is 128 g/mol. The first-order valence-electron chi connectivity index (χ1n) is 3.94. The maximum absolute atomic E-state index is 5.61. The van der Waals surface area contributed by atoms with Crippen LogP contribution in [0.5, 0.6) is 0 Å². The van der Waals surface area contributed by atoms with Gasteiger partial charge in [0.25, 0.3) is 0 Å². The summed E-state index contributed by atoms with van der Waals surface area (Å²) in [5, 5.41) is 0. The predicted octanol–water partition coefficient (Wildman–Crippen LogP) is 2.35. The van der Waals surface area contributed by atoms with E-state index in [1.807, 2.05) is 0 Å². The van der Waals surface area contributed by atoms with Crippen LogP contribution in [0.1, 0.15) is 39.5 Å². The molecule has 1 heterocycles. The molecule has 0 bridgehead atoms. The summed E-state index contributed by atoms with van der Waals surface area (Å²) in [6.45, 7) is 4.34. The molecule has 0 spiro atoms. The van der Waals surface area contributed by atoms with Crippen LogP contribution in [0.3, 0.4) is 0 Å². The van der Waals surface area contributed by atoms with E-state index in [0.717, 1.165) is 0 Å². The molecule has 2 unspecified atom stereocenters. The van der Waals surface area contributed by atoms with Crippen molar-refractivity contribution in [2.45, 2.75) is 51.7 Å². The summed E-state index contributed by atoms with van der Waals surface area (Å²) in [4.78, 5) is 0. The summed E-state index contributed by atoms with van der Waals surface area (Å²) >= 11 is 0. The highest BCUT2D eigenvalue weighted by atomic mass is 16.5. The van der Waals surface area contributed by atoms with Crippen LogP contribution in [-0.2, 0) is 4.74 Å². The van der Waals surface area contributed by atoms with E-state index in [1.54, 1.807) is 0 Å². The van der Waals surface area contributed by atoms with Crippen molar-refractivity contribution in [3.63, 3.8) is 0 Å². The molecule has 9 heavy (non-hydrogen) atoms. The van der Waals surface area contributed by atoms with E-state index in [-0.39, 0.29) is 0 Å². The molecule has 0 aliphatic carbocycles. The minimum absolute atomic E-state index is 0.502. The van der Waals surface area contributed by atoms with Crippen LogP contribution in [-0.4, -0.2) is 12.2 Å². The second-order valence-corrected chi connectivity index (χ2v) is 3.04. The van der Waals surface area contributed by atoms with Gasteiger partial charge in [-0.25, -0.2) is 0 Å². The van der Waals surface area contributed by atoms with E-state index in [1.165, 1.54) is 25.7 Å². The van der Waals surface area contributed by atoms with Gasteiger partial charge < -0.3 is 4.74 Å². The van der Waals surface area contributed by atoms with Crippen LogP contribution < -0.4 is 0 Å². The number of hydrogen-bond acceptors (Lipinski definition) is 1. The molecule has 0 saturated carbocycles. The van der Waals surface area contributed by atoms with Crippen molar-refractivity contribution in [1.29, 1.82) is 0 Å². The summed E-state index contributed by atoms with van der Waals surface area (Å²) < 4.78 is 5.61. The van der Waals surface area contributed by atoms with E-state index in [9.17, 15) is 0 Å². The maximum Gasteiger partial charge on any atom is 0.0550 e. The lowest BCUT2D eigenvalue weighted by atomic mass is 10.1. The molecule has 0 aromatic carbocycles. The molecule has 1 fully saturated rings. The number of ether oxygens (including phenoxy) is 1. The Morgan fingerprint density at radius 1 is 1.00 bits per heavy atom. The van der Waals surface area contributed by atoms with Gasteiger partial charge >= 0.3 is 0 Å². The first-order chi connectivity index (χ1) is 4.29. The van der Waals surface area contributed by atoms with Crippen molar-refractivity contribution in [1.82, 2.24) is 0 Å². The number of rotatable bonds is 0. The van der Waals surface area contributed by atoms with Crippen LogP contribution in [0.25, 0.3) is 0 Å². The van der Waals surface area contributed by atoms with Gasteiger partial charge in [-0.15, -0.1) is 0 Å². The van der Waals surface area contributed by atoms with Crippen LogP contribution >= 0.6 is 0 Å². The lowest BCUT2D eigenvalue weighted by molar-refractivity contribution is 0.0131. The van der Waals surface area contributed by atoms with Crippen molar-refractivity contribution in [3.05, 3.63) is 0 Å². The molecule has 1 aliphatic rings. The fourth-order valence-electron chi connectivity index (χ4n) is 1.40. The molecular formula is C8H16O. The molecular weight excluding hydrogens is 112 g/mol. The fraction of sp³-hybridized carbons (Fsp3) is 1.00. The molecule has 1 rings (SSSR count). The van der Waals surface area contributed by atoms with Crippen LogP contribution in [0.15, 0.2) is 0 Å². The summed E-state index contributed by atoms with van der Waals surface area (Å²) in [6.07, 6.45) is 6.22. The van der Waals surface area contributed by atoms with Crippen LogP contribution in [0.4, 0.5) is 0 Å². The Hall–Kier alpha value is -0.0400. The van der Waals surface area contributed by atoms with E-state index < -0.39 is 0 Å². The number of hydrogen-bond donors (Lipinski definition) is 0. The third-order valence-electron chi connectivity index (χ3n) is 1.94. The summed E-state index contributed by atoms with van der Waals surface area (Å²) in [5.74, 6) is 0. The Morgan fingerprint density at radius 2 is 1.44 bits per heavy atom. The lowest BCUT2D eigenvalue weighted by Crippen LogP contribution is -2.13. The van der Waals surface area contributed by atoms with Crippen LogP contribution in [0.2, 0.25) is 0 Å². The molecule has 0 aromatic rings. The molecule has 0 radical (unpaired) electrons. The van der Waals surface area contributed by atoms with Crippen molar-refractivity contribution in [3.8, 4) is 0 Å². The Bertz CT molecular complexity index is 70.6. The first kappa shape index (κ1) is 7.07. The Morgan fingerprint density at radius 3 is 1.89 bits per heavy atom. The fourth-order valence-corrected chi connectivity index (χ4v) is 1.40. The minimum atomic E-state index is 0.502. The highest BCUT2D eigenvalue weighted by Crippen LogP contribution is 2.16. The molecule has 2 atom stereocenters. The molecule has 0 amide bonds. The van der Waals surface area contributed by atoms with Crippen molar-refractivity contribution < 1.29 is 4.74 Å². The standard InChI is InChI=1S/C8H16O/c1-7-5-3-4-6-8(2)9-7/h7-8H,3-6H2,1-2H3. The zero-order valence-corrected chi connectivity index (χ0v) is 6.39. The van der Waals surface area contributed by atoms with Crippen molar-refractivity contribution in [2.75, 3.05) is 0 Å². The van der Waals surface area contributed by atoms with Crippen LogP contribution in [0, 0.1) is 0 Å². The molecule has 54 valence electrons. The van der Waals surface area contributed by atoms with E-state index >= 15 is 0 Å². The first-order valence-corrected chi connectivity index (χ1v) is 3.94. The molecule has 1 heteroatoms. The Kier molecular flexibility index (Phi) is 2.52. The Labute approximate surface area is 57.4 Å². The van der Waals surface area contributed by atoms with Gasteiger partial charge in [0.2, 0.25) is 0 Å².